The molecule has 0 unspecified atom stereocenters. The fourth-order valence-electron chi connectivity index (χ4n) is 1.29. The van der Waals surface area contributed by atoms with Crippen LogP contribution < -0.4 is 11.2 Å². The van der Waals surface area contributed by atoms with E-state index >= 15 is 0 Å². The number of amides is 2. The van der Waals surface area contributed by atoms with Gasteiger partial charge in [0.2, 0.25) is 0 Å². The topological polar surface area (TPSA) is 93.8 Å². The van der Waals surface area contributed by atoms with Crippen molar-refractivity contribution in [2.75, 3.05) is 0 Å². The van der Waals surface area contributed by atoms with Crippen molar-refractivity contribution >= 4 is 18.2 Å². The Hall–Kier alpha value is -2.37. The molecule has 0 heterocycles. The standard InChI is InChI=1S/C13H17N3O3/c1-13(2,3)19-11(17)10-7-5-4-6-9(10)8-15-16-12(14)18/h4-8H,1-3H3,(H3,14,16,18). The quantitative estimate of drug-likeness (QED) is 0.493. The van der Waals surface area contributed by atoms with Crippen LogP contribution in [0.1, 0.15) is 36.7 Å². The molecule has 19 heavy (non-hydrogen) atoms. The summed E-state index contributed by atoms with van der Waals surface area (Å²) in [5.41, 5.74) is 7.27. The van der Waals surface area contributed by atoms with Gasteiger partial charge in [0.05, 0.1) is 11.8 Å². The lowest BCUT2D eigenvalue weighted by molar-refractivity contribution is 0.00694. The average Bonchev–Trinajstić information content (AvgIpc) is 2.26. The summed E-state index contributed by atoms with van der Waals surface area (Å²) in [6.07, 6.45) is 1.34. The summed E-state index contributed by atoms with van der Waals surface area (Å²) in [5.74, 6) is -0.450. The first kappa shape index (κ1) is 14.7. The Labute approximate surface area is 111 Å². The van der Waals surface area contributed by atoms with E-state index in [4.69, 9.17) is 10.5 Å². The summed E-state index contributed by atoms with van der Waals surface area (Å²) in [6, 6.07) is 6.01. The first-order chi connectivity index (χ1) is 8.79. The molecule has 2 amide bonds. The van der Waals surface area contributed by atoms with E-state index in [1.54, 1.807) is 45.0 Å². The van der Waals surface area contributed by atoms with Gasteiger partial charge in [0.1, 0.15) is 5.60 Å². The predicted octanol–water partition coefficient (Wildman–Crippen LogP) is 1.64. The number of carbonyl (C=O) groups is 2. The van der Waals surface area contributed by atoms with Gasteiger partial charge in [0.15, 0.2) is 0 Å². The zero-order chi connectivity index (χ0) is 14.5. The van der Waals surface area contributed by atoms with Gasteiger partial charge >= 0.3 is 12.0 Å². The summed E-state index contributed by atoms with van der Waals surface area (Å²) in [4.78, 5) is 22.5. The van der Waals surface area contributed by atoms with Crippen molar-refractivity contribution in [3.8, 4) is 0 Å². The van der Waals surface area contributed by atoms with Gasteiger partial charge in [-0.15, -0.1) is 0 Å². The minimum atomic E-state index is -0.772. The monoisotopic (exact) mass is 263 g/mol. The minimum Gasteiger partial charge on any atom is -0.456 e. The highest BCUT2D eigenvalue weighted by molar-refractivity contribution is 5.99. The first-order valence-corrected chi connectivity index (χ1v) is 5.70. The molecule has 1 rings (SSSR count). The zero-order valence-corrected chi connectivity index (χ0v) is 11.1. The number of rotatable bonds is 3. The molecule has 102 valence electrons. The van der Waals surface area contributed by atoms with E-state index in [0.29, 0.717) is 11.1 Å². The van der Waals surface area contributed by atoms with Gasteiger partial charge in [-0.05, 0) is 26.8 Å². The predicted molar refractivity (Wildman–Crippen MR) is 71.9 cm³/mol. The normalized spacial score (nSPS) is 11.3. The highest BCUT2D eigenvalue weighted by Crippen LogP contribution is 2.14. The molecule has 3 N–H and O–H groups in total. The maximum absolute atomic E-state index is 12.0. The molecule has 6 heteroatoms. The number of nitrogens with zero attached hydrogens (tertiary/aromatic N) is 1. The van der Waals surface area contributed by atoms with Crippen LogP contribution in [0.2, 0.25) is 0 Å². The van der Waals surface area contributed by atoms with E-state index in [0.717, 1.165) is 0 Å². The molecule has 0 saturated carbocycles. The molecule has 0 saturated heterocycles. The molecule has 0 aliphatic heterocycles. The summed E-state index contributed by atoms with van der Waals surface area (Å²) in [7, 11) is 0. The molecule has 0 spiro atoms. The van der Waals surface area contributed by atoms with E-state index in [9.17, 15) is 9.59 Å². The summed E-state index contributed by atoms with van der Waals surface area (Å²) < 4.78 is 5.28. The molecule has 0 aliphatic carbocycles. The second kappa shape index (κ2) is 5.99. The van der Waals surface area contributed by atoms with Crippen molar-refractivity contribution in [2.45, 2.75) is 26.4 Å². The Morgan fingerprint density at radius 1 is 1.32 bits per heavy atom. The maximum atomic E-state index is 12.0. The highest BCUT2D eigenvalue weighted by atomic mass is 16.6. The molecule has 0 aliphatic rings. The SMILES string of the molecule is CC(C)(C)OC(=O)c1ccccc1C=NNC(N)=O. The number of primary amides is 1. The van der Waals surface area contributed by atoms with Crippen LogP contribution in [0.5, 0.6) is 0 Å². The molecular formula is C13H17N3O3. The second-order valence-corrected chi connectivity index (χ2v) is 4.82. The Balaban J connectivity index is 2.92. The Bertz CT molecular complexity index is 504. The molecular weight excluding hydrogens is 246 g/mol. The zero-order valence-electron chi connectivity index (χ0n) is 11.1. The van der Waals surface area contributed by atoms with Crippen LogP contribution in [0.25, 0.3) is 0 Å². The molecule has 0 aromatic heterocycles. The van der Waals surface area contributed by atoms with Gasteiger partial charge in [0.25, 0.3) is 0 Å². The van der Waals surface area contributed by atoms with Gasteiger partial charge in [-0.1, -0.05) is 18.2 Å². The molecule has 0 fully saturated rings. The van der Waals surface area contributed by atoms with Gasteiger partial charge in [-0.3, -0.25) is 0 Å². The average molecular weight is 263 g/mol. The summed E-state index contributed by atoms with van der Waals surface area (Å²) in [5, 5.41) is 3.62. The lowest BCUT2D eigenvalue weighted by atomic mass is 10.1. The van der Waals surface area contributed by atoms with Crippen LogP contribution in [0.4, 0.5) is 4.79 Å². The smallest absolute Gasteiger partial charge is 0.339 e. The molecule has 0 radical (unpaired) electrons. The van der Waals surface area contributed by atoms with E-state index in [2.05, 4.69) is 10.5 Å². The van der Waals surface area contributed by atoms with E-state index in [-0.39, 0.29) is 0 Å². The largest absolute Gasteiger partial charge is 0.456 e. The van der Waals surface area contributed by atoms with Crippen LogP contribution in [0.15, 0.2) is 29.4 Å². The summed E-state index contributed by atoms with van der Waals surface area (Å²) in [6.45, 7) is 5.36. The second-order valence-electron chi connectivity index (χ2n) is 4.82. The molecule has 6 nitrogen and oxygen atoms in total. The number of hydrogen-bond acceptors (Lipinski definition) is 4. The highest BCUT2D eigenvalue weighted by Gasteiger charge is 2.19. The van der Waals surface area contributed by atoms with Gasteiger partial charge in [-0.2, -0.15) is 5.10 Å². The van der Waals surface area contributed by atoms with Crippen LogP contribution in [0.3, 0.4) is 0 Å². The van der Waals surface area contributed by atoms with Crippen LogP contribution in [-0.4, -0.2) is 23.8 Å². The number of urea groups is 1. The summed E-state index contributed by atoms with van der Waals surface area (Å²) >= 11 is 0. The van der Waals surface area contributed by atoms with Crippen molar-refractivity contribution in [1.29, 1.82) is 0 Å². The first-order valence-electron chi connectivity index (χ1n) is 5.70. The number of nitrogens with two attached hydrogens (primary N) is 1. The minimum absolute atomic E-state index is 0.368. The Morgan fingerprint density at radius 3 is 2.53 bits per heavy atom. The number of ether oxygens (including phenoxy) is 1. The van der Waals surface area contributed by atoms with Gasteiger partial charge in [0, 0.05) is 5.56 Å². The lowest BCUT2D eigenvalue weighted by Gasteiger charge is -2.20. The number of esters is 1. The molecule has 1 aromatic rings. The van der Waals surface area contributed by atoms with Crippen molar-refractivity contribution in [1.82, 2.24) is 5.43 Å². The van der Waals surface area contributed by atoms with Crippen molar-refractivity contribution in [2.24, 2.45) is 10.8 Å². The van der Waals surface area contributed by atoms with Gasteiger partial charge < -0.3 is 10.5 Å². The lowest BCUT2D eigenvalue weighted by Crippen LogP contribution is -2.25. The van der Waals surface area contributed by atoms with E-state index < -0.39 is 17.6 Å². The molecule has 1 aromatic carbocycles. The maximum Gasteiger partial charge on any atom is 0.339 e. The van der Waals surface area contributed by atoms with E-state index in [1.807, 2.05) is 0 Å². The fraction of sp³-hybridized carbons (Fsp3) is 0.308. The number of nitrogens with one attached hydrogen (secondary N) is 1. The van der Waals surface area contributed by atoms with Crippen molar-refractivity contribution in [3.05, 3.63) is 35.4 Å². The third-order valence-corrected chi connectivity index (χ3v) is 1.96. The van der Waals surface area contributed by atoms with Gasteiger partial charge in [-0.25, -0.2) is 15.0 Å². The number of carbonyl (C=O) groups excluding carboxylic acids is 2. The van der Waals surface area contributed by atoms with Crippen LogP contribution in [0, 0.1) is 0 Å². The van der Waals surface area contributed by atoms with E-state index in [1.165, 1.54) is 6.21 Å². The fourth-order valence-corrected chi connectivity index (χ4v) is 1.29. The number of hydrazone groups is 1. The number of hydrogen-bond donors (Lipinski definition) is 2. The van der Waals surface area contributed by atoms with Crippen LogP contribution in [-0.2, 0) is 4.74 Å². The van der Waals surface area contributed by atoms with Crippen LogP contribution >= 0.6 is 0 Å². The third kappa shape index (κ3) is 5.20. The van der Waals surface area contributed by atoms with Crippen molar-refractivity contribution in [3.63, 3.8) is 0 Å². The Kier molecular flexibility index (Phi) is 4.63. The third-order valence-electron chi connectivity index (χ3n) is 1.96. The Morgan fingerprint density at radius 2 is 1.95 bits per heavy atom. The van der Waals surface area contributed by atoms with Crippen molar-refractivity contribution < 1.29 is 14.3 Å². The molecule has 0 bridgehead atoms. The number of benzene rings is 1. The molecule has 0 atom stereocenters.